The normalized spacial score (nSPS) is 11.9. The first-order valence-corrected chi connectivity index (χ1v) is 8.36. The lowest BCUT2D eigenvalue weighted by molar-refractivity contribution is 0.537. The Labute approximate surface area is 117 Å². The number of aryl methyl sites for hydroxylation is 1. The summed E-state index contributed by atoms with van der Waals surface area (Å²) in [6.07, 6.45) is 3.97. The van der Waals surface area contributed by atoms with E-state index < -0.39 is 10.0 Å². The van der Waals surface area contributed by atoms with Crippen LogP contribution in [0, 0.1) is 0 Å². The summed E-state index contributed by atoms with van der Waals surface area (Å²) in [6, 6.07) is 5.08. The maximum Gasteiger partial charge on any atom is 0.229 e. The van der Waals surface area contributed by atoms with Gasteiger partial charge in [-0.3, -0.25) is 4.72 Å². The number of rotatable bonds is 5. The summed E-state index contributed by atoms with van der Waals surface area (Å²) in [7, 11) is -3.29. The predicted octanol–water partition coefficient (Wildman–Crippen LogP) is 3.80. The Morgan fingerprint density at radius 2 is 2.11 bits per heavy atom. The van der Waals surface area contributed by atoms with Crippen molar-refractivity contribution >= 4 is 38.3 Å². The van der Waals surface area contributed by atoms with E-state index in [4.69, 9.17) is 16.0 Å². The minimum atomic E-state index is -3.29. The predicted molar refractivity (Wildman–Crippen MR) is 78.3 cm³/mol. The average Bonchev–Trinajstić information content (AvgIpc) is 2.62. The van der Waals surface area contributed by atoms with E-state index in [-0.39, 0.29) is 0 Å². The van der Waals surface area contributed by atoms with Gasteiger partial charge in [0.05, 0.1) is 11.3 Å². The maximum absolute atomic E-state index is 11.2. The molecule has 0 bridgehead atoms. The Kier molecular flexibility index (Phi) is 4.06. The lowest BCUT2D eigenvalue weighted by Gasteiger charge is -2.02. The summed E-state index contributed by atoms with van der Waals surface area (Å²) in [4.78, 5) is 0. The van der Waals surface area contributed by atoms with E-state index in [0.29, 0.717) is 16.3 Å². The molecule has 1 N–H and O–H groups in total. The minimum absolute atomic E-state index is 0.486. The van der Waals surface area contributed by atoms with E-state index >= 15 is 0 Å². The van der Waals surface area contributed by atoms with E-state index in [1.807, 2.05) is 0 Å². The number of furan rings is 1. The summed E-state index contributed by atoms with van der Waals surface area (Å²) in [5.74, 6) is 0.759. The van der Waals surface area contributed by atoms with Gasteiger partial charge < -0.3 is 4.42 Å². The molecule has 0 radical (unpaired) electrons. The molecule has 0 unspecified atom stereocenters. The van der Waals surface area contributed by atoms with Gasteiger partial charge in [0.25, 0.3) is 0 Å². The van der Waals surface area contributed by atoms with Crippen molar-refractivity contribution in [2.75, 3.05) is 11.0 Å². The Balaban J connectivity index is 2.39. The van der Waals surface area contributed by atoms with Crippen molar-refractivity contribution in [3.63, 3.8) is 0 Å². The highest BCUT2D eigenvalue weighted by molar-refractivity contribution is 7.92. The van der Waals surface area contributed by atoms with Crippen molar-refractivity contribution in [3.8, 4) is 0 Å². The fraction of sp³-hybridized carbons (Fsp3) is 0.385. The molecule has 1 heterocycles. The summed E-state index contributed by atoms with van der Waals surface area (Å²) < 4.78 is 30.5. The largest absolute Gasteiger partial charge is 0.459 e. The van der Waals surface area contributed by atoms with Crippen LogP contribution in [0.1, 0.15) is 25.5 Å². The van der Waals surface area contributed by atoms with Crippen LogP contribution in [-0.2, 0) is 16.4 Å². The van der Waals surface area contributed by atoms with Crippen LogP contribution in [0.15, 0.2) is 22.6 Å². The molecular weight excluding hydrogens is 286 g/mol. The monoisotopic (exact) mass is 301 g/mol. The molecule has 0 aliphatic heterocycles. The zero-order valence-corrected chi connectivity index (χ0v) is 12.4. The highest BCUT2D eigenvalue weighted by Gasteiger charge is 2.13. The van der Waals surface area contributed by atoms with Gasteiger partial charge in [-0.25, -0.2) is 8.42 Å². The van der Waals surface area contributed by atoms with Crippen LogP contribution in [0.4, 0.5) is 5.69 Å². The Morgan fingerprint density at radius 1 is 1.37 bits per heavy atom. The maximum atomic E-state index is 11.2. The van der Waals surface area contributed by atoms with E-state index in [2.05, 4.69) is 11.6 Å². The van der Waals surface area contributed by atoms with Gasteiger partial charge in [0.2, 0.25) is 10.0 Å². The minimum Gasteiger partial charge on any atom is -0.459 e. The van der Waals surface area contributed by atoms with Crippen molar-refractivity contribution in [2.45, 2.75) is 26.2 Å². The second-order valence-corrected chi connectivity index (χ2v) is 6.65. The Hall–Kier alpha value is -1.20. The summed E-state index contributed by atoms with van der Waals surface area (Å²) >= 11 is 6.27. The number of halogens is 1. The third-order valence-electron chi connectivity index (χ3n) is 2.75. The topological polar surface area (TPSA) is 59.3 Å². The SMILES string of the molecule is CCCCc1oc2ccc(NS(C)(=O)=O)cc2c1Cl. The first-order chi connectivity index (χ1) is 8.90. The Morgan fingerprint density at radius 3 is 2.74 bits per heavy atom. The van der Waals surface area contributed by atoms with Gasteiger partial charge in [-0.2, -0.15) is 0 Å². The van der Waals surface area contributed by atoms with Crippen molar-refractivity contribution in [1.29, 1.82) is 0 Å². The molecule has 1 aromatic heterocycles. The molecule has 19 heavy (non-hydrogen) atoms. The molecule has 0 fully saturated rings. The standard InChI is InChI=1S/C13H16ClNO3S/c1-3-4-5-12-13(14)10-8-9(15-19(2,16)17)6-7-11(10)18-12/h6-8,15H,3-5H2,1-2H3. The van der Waals surface area contributed by atoms with Crippen LogP contribution in [0.2, 0.25) is 5.02 Å². The van der Waals surface area contributed by atoms with Gasteiger partial charge in [0.15, 0.2) is 0 Å². The number of anilines is 1. The summed E-state index contributed by atoms with van der Waals surface area (Å²) in [6.45, 7) is 2.10. The van der Waals surface area contributed by atoms with Crippen LogP contribution in [-0.4, -0.2) is 14.7 Å². The highest BCUT2D eigenvalue weighted by Crippen LogP contribution is 2.33. The number of unbranched alkanes of at least 4 members (excludes halogenated alkanes) is 1. The molecule has 4 nitrogen and oxygen atoms in total. The van der Waals surface area contributed by atoms with Crippen molar-refractivity contribution in [1.82, 2.24) is 0 Å². The molecule has 104 valence electrons. The Bertz CT molecular complexity index is 691. The van der Waals surface area contributed by atoms with Gasteiger partial charge in [-0.15, -0.1) is 0 Å². The second kappa shape index (κ2) is 5.43. The fourth-order valence-corrected chi connectivity index (χ4v) is 2.73. The van der Waals surface area contributed by atoms with Crippen molar-refractivity contribution < 1.29 is 12.8 Å². The first kappa shape index (κ1) is 14.2. The molecule has 0 saturated heterocycles. The number of sulfonamides is 1. The molecule has 0 aliphatic rings. The van der Waals surface area contributed by atoms with Gasteiger partial charge >= 0.3 is 0 Å². The third kappa shape index (κ3) is 3.42. The lowest BCUT2D eigenvalue weighted by atomic mass is 10.2. The fourth-order valence-electron chi connectivity index (χ4n) is 1.89. The van der Waals surface area contributed by atoms with Gasteiger partial charge in [-0.05, 0) is 24.6 Å². The van der Waals surface area contributed by atoms with E-state index in [1.54, 1.807) is 18.2 Å². The first-order valence-electron chi connectivity index (χ1n) is 6.09. The molecule has 6 heteroatoms. The smallest absolute Gasteiger partial charge is 0.229 e. The second-order valence-electron chi connectivity index (χ2n) is 4.53. The summed E-state index contributed by atoms with van der Waals surface area (Å²) in [5, 5.41) is 1.31. The molecule has 0 atom stereocenters. The van der Waals surface area contributed by atoms with E-state index in [1.165, 1.54) is 0 Å². The molecule has 2 rings (SSSR count). The van der Waals surface area contributed by atoms with Crippen LogP contribution in [0.3, 0.4) is 0 Å². The van der Waals surface area contributed by atoms with Crippen LogP contribution >= 0.6 is 11.6 Å². The van der Waals surface area contributed by atoms with E-state index in [9.17, 15) is 8.42 Å². The quantitative estimate of drug-likeness (QED) is 0.913. The van der Waals surface area contributed by atoms with Crippen molar-refractivity contribution in [2.24, 2.45) is 0 Å². The van der Waals surface area contributed by atoms with Crippen LogP contribution < -0.4 is 4.72 Å². The summed E-state index contributed by atoms with van der Waals surface area (Å²) in [5.41, 5.74) is 1.16. The van der Waals surface area contributed by atoms with Gasteiger partial charge in [-0.1, -0.05) is 24.9 Å². The molecule has 2 aromatic rings. The number of fused-ring (bicyclic) bond motifs is 1. The molecule has 0 saturated carbocycles. The molecule has 0 aliphatic carbocycles. The third-order valence-corrected chi connectivity index (χ3v) is 3.78. The number of hydrogen-bond acceptors (Lipinski definition) is 3. The number of benzene rings is 1. The zero-order valence-electron chi connectivity index (χ0n) is 10.9. The average molecular weight is 302 g/mol. The zero-order chi connectivity index (χ0) is 14.0. The molecule has 0 spiro atoms. The number of hydrogen-bond donors (Lipinski definition) is 1. The lowest BCUT2D eigenvalue weighted by Crippen LogP contribution is -2.09. The highest BCUT2D eigenvalue weighted by atomic mass is 35.5. The van der Waals surface area contributed by atoms with Crippen molar-refractivity contribution in [3.05, 3.63) is 29.0 Å². The molecule has 1 aromatic carbocycles. The van der Waals surface area contributed by atoms with Crippen LogP contribution in [0.25, 0.3) is 11.0 Å². The number of nitrogens with one attached hydrogen (secondary N) is 1. The van der Waals surface area contributed by atoms with Crippen LogP contribution in [0.5, 0.6) is 0 Å². The van der Waals surface area contributed by atoms with E-state index in [0.717, 1.165) is 36.7 Å². The van der Waals surface area contributed by atoms with Gasteiger partial charge in [0.1, 0.15) is 11.3 Å². The van der Waals surface area contributed by atoms with Gasteiger partial charge in [0, 0.05) is 17.5 Å². The molecular formula is C13H16ClNO3S. The molecule has 0 amide bonds.